The molecule has 3 aromatic rings. The molecule has 6 heteroatoms. The number of rotatable bonds is 8. The molecule has 3 rings (SSSR count). The maximum atomic E-state index is 12.1. The molecule has 3 aromatic carbocycles. The smallest absolute Gasteiger partial charge is 0.262 e. The second-order valence-electron chi connectivity index (χ2n) is 7.16. The van der Waals surface area contributed by atoms with Crippen molar-refractivity contribution in [2.24, 2.45) is 5.10 Å². The molecule has 0 saturated heterocycles. The monoisotopic (exact) mass is 415 g/mol. The van der Waals surface area contributed by atoms with Crippen molar-refractivity contribution in [3.05, 3.63) is 95.1 Å². The lowest BCUT2D eigenvalue weighted by atomic mass is 10.1. The van der Waals surface area contributed by atoms with Gasteiger partial charge in [-0.15, -0.1) is 0 Å². The van der Waals surface area contributed by atoms with Crippen molar-refractivity contribution in [1.29, 1.82) is 0 Å². The Balaban J connectivity index is 1.43. The van der Waals surface area contributed by atoms with Gasteiger partial charge in [0.05, 0.1) is 12.6 Å². The molecule has 158 valence electrons. The van der Waals surface area contributed by atoms with Gasteiger partial charge in [0.2, 0.25) is 5.91 Å². The van der Waals surface area contributed by atoms with Crippen molar-refractivity contribution < 1.29 is 14.3 Å². The number of nitrogens with one attached hydrogen (secondary N) is 2. The number of aryl methyl sites for hydroxylation is 2. The van der Waals surface area contributed by atoms with Gasteiger partial charge in [0.25, 0.3) is 5.91 Å². The third-order valence-corrected chi connectivity index (χ3v) is 4.65. The van der Waals surface area contributed by atoms with Crippen LogP contribution in [0.25, 0.3) is 0 Å². The number of carbonyl (C=O) groups excluding carboxylic acids is 2. The number of nitrogens with zero attached hydrogens (tertiary/aromatic N) is 1. The Hall–Kier alpha value is -3.93. The van der Waals surface area contributed by atoms with Crippen LogP contribution in [0, 0.1) is 13.8 Å². The largest absolute Gasteiger partial charge is 0.484 e. The highest BCUT2D eigenvalue weighted by molar-refractivity contribution is 5.92. The van der Waals surface area contributed by atoms with Gasteiger partial charge in [-0.2, -0.15) is 5.10 Å². The van der Waals surface area contributed by atoms with Gasteiger partial charge in [0.15, 0.2) is 6.61 Å². The molecule has 0 fully saturated rings. The minimum absolute atomic E-state index is 0.0874. The summed E-state index contributed by atoms with van der Waals surface area (Å²) in [7, 11) is 0. The number of hydrazone groups is 1. The van der Waals surface area contributed by atoms with E-state index in [-0.39, 0.29) is 24.8 Å². The summed E-state index contributed by atoms with van der Waals surface area (Å²) in [6.45, 7) is 3.94. The highest BCUT2D eigenvalue weighted by Gasteiger charge is 2.05. The molecule has 6 nitrogen and oxygen atoms in total. The summed E-state index contributed by atoms with van der Waals surface area (Å²) >= 11 is 0. The van der Waals surface area contributed by atoms with Crippen LogP contribution in [0.1, 0.15) is 22.3 Å². The van der Waals surface area contributed by atoms with Gasteiger partial charge in [-0.3, -0.25) is 9.59 Å². The number of anilines is 1. The van der Waals surface area contributed by atoms with Crippen LogP contribution in [0.4, 0.5) is 5.69 Å². The number of carbonyl (C=O) groups is 2. The molecule has 2 N–H and O–H groups in total. The third kappa shape index (κ3) is 7.12. The summed E-state index contributed by atoms with van der Waals surface area (Å²) in [5.74, 6) is 0.160. The number of ether oxygens (including phenoxy) is 1. The highest BCUT2D eigenvalue weighted by atomic mass is 16.5. The topological polar surface area (TPSA) is 79.8 Å². The fourth-order valence-electron chi connectivity index (χ4n) is 2.81. The Kier molecular flexibility index (Phi) is 7.54. The zero-order chi connectivity index (χ0) is 22.1. The lowest BCUT2D eigenvalue weighted by Gasteiger charge is -2.09. The van der Waals surface area contributed by atoms with E-state index in [0.29, 0.717) is 5.75 Å². The molecule has 0 aliphatic rings. The number of amides is 2. The first-order valence-corrected chi connectivity index (χ1v) is 9.95. The molecule has 0 aliphatic heterocycles. The highest BCUT2D eigenvalue weighted by Crippen LogP contribution is 2.15. The Morgan fingerprint density at radius 3 is 2.35 bits per heavy atom. The number of hydrogen-bond acceptors (Lipinski definition) is 4. The van der Waals surface area contributed by atoms with Crippen LogP contribution >= 0.6 is 0 Å². The van der Waals surface area contributed by atoms with E-state index in [4.69, 9.17) is 4.74 Å². The van der Waals surface area contributed by atoms with Gasteiger partial charge in [-0.25, -0.2) is 5.43 Å². The van der Waals surface area contributed by atoms with Crippen molar-refractivity contribution in [3.63, 3.8) is 0 Å². The molecular formula is C25H25N3O3. The van der Waals surface area contributed by atoms with Crippen LogP contribution < -0.4 is 15.5 Å². The summed E-state index contributed by atoms with van der Waals surface area (Å²) in [4.78, 5) is 24.0. The minimum Gasteiger partial charge on any atom is -0.484 e. The summed E-state index contributed by atoms with van der Waals surface area (Å²) in [6, 6.07) is 22.3. The molecule has 0 bridgehead atoms. The van der Waals surface area contributed by atoms with Crippen molar-refractivity contribution in [2.45, 2.75) is 20.3 Å². The fourth-order valence-corrected chi connectivity index (χ4v) is 2.81. The predicted molar refractivity (Wildman–Crippen MR) is 122 cm³/mol. The van der Waals surface area contributed by atoms with E-state index in [1.54, 1.807) is 30.5 Å². The summed E-state index contributed by atoms with van der Waals surface area (Å²) in [5.41, 5.74) is 7.28. The molecule has 0 atom stereocenters. The van der Waals surface area contributed by atoms with Crippen molar-refractivity contribution in [1.82, 2.24) is 5.43 Å². The zero-order valence-electron chi connectivity index (χ0n) is 17.6. The normalized spacial score (nSPS) is 10.6. The lowest BCUT2D eigenvalue weighted by Crippen LogP contribution is -2.20. The molecule has 0 saturated carbocycles. The average molecular weight is 415 g/mol. The zero-order valence-corrected chi connectivity index (χ0v) is 17.6. The van der Waals surface area contributed by atoms with Gasteiger partial charge in [-0.1, -0.05) is 36.4 Å². The quantitative estimate of drug-likeness (QED) is 0.431. The van der Waals surface area contributed by atoms with Gasteiger partial charge in [0, 0.05) is 5.69 Å². The lowest BCUT2D eigenvalue weighted by molar-refractivity contribution is -0.120. The van der Waals surface area contributed by atoms with Crippen LogP contribution in [-0.4, -0.2) is 24.6 Å². The van der Waals surface area contributed by atoms with E-state index < -0.39 is 0 Å². The first kappa shape index (κ1) is 21.8. The van der Waals surface area contributed by atoms with Crippen molar-refractivity contribution in [2.75, 3.05) is 11.9 Å². The standard InChI is InChI=1S/C25H25N3O3/c1-18-8-11-22(14-19(18)2)27-25(30)17-31-23-12-9-21(10-13-23)16-26-28-24(29)15-20-6-4-3-5-7-20/h3-14,16H,15,17H2,1-2H3,(H,27,30)(H,28,29)/b26-16+. The second kappa shape index (κ2) is 10.7. The van der Waals surface area contributed by atoms with E-state index in [1.807, 2.05) is 62.4 Å². The van der Waals surface area contributed by atoms with Crippen LogP contribution in [0.5, 0.6) is 5.75 Å². The first-order chi connectivity index (χ1) is 15.0. The Labute approximate surface area is 182 Å². The number of benzene rings is 3. The van der Waals surface area contributed by atoms with Gasteiger partial charge >= 0.3 is 0 Å². The van der Waals surface area contributed by atoms with Crippen LogP contribution in [0.15, 0.2) is 77.9 Å². The molecular weight excluding hydrogens is 390 g/mol. The van der Waals surface area contributed by atoms with Gasteiger partial charge < -0.3 is 10.1 Å². The maximum Gasteiger partial charge on any atom is 0.262 e. The molecule has 0 heterocycles. The first-order valence-electron chi connectivity index (χ1n) is 9.95. The molecule has 31 heavy (non-hydrogen) atoms. The molecule has 0 radical (unpaired) electrons. The predicted octanol–water partition coefficient (Wildman–Crippen LogP) is 4.01. The molecule has 0 unspecified atom stereocenters. The third-order valence-electron chi connectivity index (χ3n) is 4.65. The van der Waals surface area contributed by atoms with Crippen LogP contribution in [-0.2, 0) is 16.0 Å². The SMILES string of the molecule is Cc1ccc(NC(=O)COc2ccc(/C=N/NC(=O)Cc3ccccc3)cc2)cc1C. The van der Waals surface area contributed by atoms with E-state index in [0.717, 1.165) is 22.4 Å². The van der Waals surface area contributed by atoms with Crippen molar-refractivity contribution >= 4 is 23.7 Å². The van der Waals surface area contributed by atoms with Gasteiger partial charge in [0.1, 0.15) is 5.75 Å². The fraction of sp³-hybridized carbons (Fsp3) is 0.160. The summed E-state index contributed by atoms with van der Waals surface area (Å²) in [5, 5.41) is 6.79. The summed E-state index contributed by atoms with van der Waals surface area (Å²) in [6.07, 6.45) is 1.83. The molecule has 2 amide bonds. The average Bonchev–Trinajstić information content (AvgIpc) is 2.76. The van der Waals surface area contributed by atoms with Crippen molar-refractivity contribution in [3.8, 4) is 5.75 Å². The Morgan fingerprint density at radius 1 is 0.903 bits per heavy atom. The Morgan fingerprint density at radius 2 is 1.65 bits per heavy atom. The van der Waals surface area contributed by atoms with E-state index in [1.165, 1.54) is 5.56 Å². The second-order valence-corrected chi connectivity index (χ2v) is 7.16. The van der Waals surface area contributed by atoms with E-state index >= 15 is 0 Å². The summed E-state index contributed by atoms with van der Waals surface area (Å²) < 4.78 is 5.53. The molecule has 0 aromatic heterocycles. The van der Waals surface area contributed by atoms with Crippen LogP contribution in [0.2, 0.25) is 0 Å². The molecule has 0 spiro atoms. The van der Waals surface area contributed by atoms with Gasteiger partial charge in [-0.05, 0) is 72.5 Å². The van der Waals surface area contributed by atoms with E-state index in [2.05, 4.69) is 15.8 Å². The molecule has 0 aliphatic carbocycles. The minimum atomic E-state index is -0.227. The number of hydrogen-bond donors (Lipinski definition) is 2. The maximum absolute atomic E-state index is 12.1. The Bertz CT molecular complexity index is 1060. The van der Waals surface area contributed by atoms with E-state index in [9.17, 15) is 9.59 Å². The van der Waals surface area contributed by atoms with Crippen LogP contribution in [0.3, 0.4) is 0 Å².